The highest BCUT2D eigenvalue weighted by molar-refractivity contribution is 5.58. The van der Waals surface area contributed by atoms with Gasteiger partial charge in [-0.25, -0.2) is 0 Å². The number of nitrogens with one attached hydrogen (secondary N) is 1. The minimum atomic E-state index is 0.557. The van der Waals surface area contributed by atoms with Crippen LogP contribution in [0.2, 0.25) is 0 Å². The summed E-state index contributed by atoms with van der Waals surface area (Å²) in [6, 6.07) is 8.06. The van der Waals surface area contributed by atoms with Crippen molar-refractivity contribution in [3.63, 3.8) is 0 Å². The molecule has 0 saturated carbocycles. The number of aromatic nitrogens is 2. The lowest BCUT2D eigenvalue weighted by atomic mass is 10.0. The fourth-order valence-electron chi connectivity index (χ4n) is 1.87. The molecule has 0 spiro atoms. The first-order valence-corrected chi connectivity index (χ1v) is 6.44. The minimum absolute atomic E-state index is 0.557. The van der Waals surface area contributed by atoms with Gasteiger partial charge in [0.05, 0.1) is 0 Å². The first-order chi connectivity index (χ1) is 8.83. The van der Waals surface area contributed by atoms with Gasteiger partial charge in [-0.15, -0.1) is 10.2 Å². The normalized spacial score (nSPS) is 10.8. The van der Waals surface area contributed by atoms with E-state index in [9.17, 15) is 0 Å². The molecule has 2 rings (SSSR count). The van der Waals surface area contributed by atoms with E-state index in [0.717, 1.165) is 23.7 Å². The molecule has 0 bridgehead atoms. The molecule has 0 amide bonds. The monoisotopic (exact) mass is 245 g/mol. The van der Waals surface area contributed by atoms with Crippen molar-refractivity contribution in [2.24, 2.45) is 5.92 Å². The topological polar surface area (TPSA) is 51.0 Å². The zero-order chi connectivity index (χ0) is 12.8. The third-order valence-corrected chi connectivity index (χ3v) is 3.24. The van der Waals surface area contributed by atoms with Crippen LogP contribution in [0.4, 0.5) is 5.69 Å². The number of rotatable bonds is 6. The van der Waals surface area contributed by atoms with Gasteiger partial charge in [0.1, 0.15) is 0 Å². The molecule has 1 N–H and O–H groups in total. The van der Waals surface area contributed by atoms with Gasteiger partial charge in [0.2, 0.25) is 12.3 Å². The molecule has 1 aromatic heterocycles. The van der Waals surface area contributed by atoms with Crippen LogP contribution in [0.1, 0.15) is 26.7 Å². The maximum Gasteiger partial charge on any atom is 0.247 e. The molecule has 1 aromatic carbocycles. The Bertz CT molecular complexity index is 446. The van der Waals surface area contributed by atoms with Gasteiger partial charge in [-0.1, -0.05) is 26.7 Å². The Morgan fingerprint density at radius 3 is 2.44 bits per heavy atom. The van der Waals surface area contributed by atoms with Crippen molar-refractivity contribution in [2.75, 3.05) is 11.9 Å². The lowest BCUT2D eigenvalue weighted by molar-refractivity contribution is 0.519. The number of hydrogen-bond acceptors (Lipinski definition) is 4. The second-order valence-electron chi connectivity index (χ2n) is 4.38. The first-order valence-electron chi connectivity index (χ1n) is 6.44. The lowest BCUT2D eigenvalue weighted by Crippen LogP contribution is -2.12. The third-order valence-electron chi connectivity index (χ3n) is 3.24. The Balaban J connectivity index is 1.96. The van der Waals surface area contributed by atoms with Crippen LogP contribution in [0.15, 0.2) is 35.1 Å². The summed E-state index contributed by atoms with van der Waals surface area (Å²) in [5.41, 5.74) is 2.07. The molecule has 0 atom stereocenters. The molecule has 0 aliphatic heterocycles. The number of nitrogens with zero attached hydrogens (tertiary/aromatic N) is 2. The van der Waals surface area contributed by atoms with E-state index in [4.69, 9.17) is 4.42 Å². The fourth-order valence-corrected chi connectivity index (χ4v) is 1.87. The van der Waals surface area contributed by atoms with Crippen molar-refractivity contribution in [1.82, 2.24) is 10.2 Å². The third kappa shape index (κ3) is 3.09. The molecular formula is C14H19N3O. The predicted molar refractivity (Wildman–Crippen MR) is 72.3 cm³/mol. The Morgan fingerprint density at radius 2 is 1.89 bits per heavy atom. The van der Waals surface area contributed by atoms with Gasteiger partial charge in [-0.2, -0.15) is 0 Å². The second-order valence-corrected chi connectivity index (χ2v) is 4.38. The zero-order valence-electron chi connectivity index (χ0n) is 10.9. The molecule has 0 fully saturated rings. The number of benzene rings is 1. The van der Waals surface area contributed by atoms with E-state index in [0.29, 0.717) is 5.89 Å². The number of anilines is 1. The van der Waals surface area contributed by atoms with Gasteiger partial charge < -0.3 is 9.73 Å². The second kappa shape index (κ2) is 6.19. The fraction of sp³-hybridized carbons (Fsp3) is 0.429. The zero-order valence-corrected chi connectivity index (χ0v) is 10.9. The molecule has 1 heterocycles. The summed E-state index contributed by atoms with van der Waals surface area (Å²) in [6.45, 7) is 5.48. The van der Waals surface area contributed by atoms with Crippen LogP contribution in [0, 0.1) is 5.92 Å². The van der Waals surface area contributed by atoms with E-state index in [1.807, 2.05) is 24.3 Å². The Kier molecular flexibility index (Phi) is 4.34. The van der Waals surface area contributed by atoms with E-state index in [1.165, 1.54) is 19.2 Å². The van der Waals surface area contributed by atoms with E-state index >= 15 is 0 Å². The van der Waals surface area contributed by atoms with Crippen molar-refractivity contribution in [3.8, 4) is 11.5 Å². The highest BCUT2D eigenvalue weighted by Gasteiger charge is 2.05. The molecule has 0 unspecified atom stereocenters. The van der Waals surface area contributed by atoms with Crippen LogP contribution in [0.25, 0.3) is 11.5 Å². The molecule has 4 heteroatoms. The van der Waals surface area contributed by atoms with Crippen LogP contribution in [-0.4, -0.2) is 16.7 Å². The summed E-state index contributed by atoms with van der Waals surface area (Å²) in [5, 5.41) is 11.0. The van der Waals surface area contributed by atoms with Crippen LogP contribution < -0.4 is 5.32 Å². The molecular weight excluding hydrogens is 226 g/mol. The lowest BCUT2D eigenvalue weighted by Gasteiger charge is -2.14. The maximum atomic E-state index is 5.15. The maximum absolute atomic E-state index is 5.15. The summed E-state index contributed by atoms with van der Waals surface area (Å²) >= 11 is 0. The summed E-state index contributed by atoms with van der Waals surface area (Å²) < 4.78 is 5.15. The van der Waals surface area contributed by atoms with Crippen molar-refractivity contribution >= 4 is 5.69 Å². The SMILES string of the molecule is CCC(CC)CNc1ccc(-c2nnco2)cc1. The smallest absolute Gasteiger partial charge is 0.247 e. The molecule has 0 aliphatic carbocycles. The van der Waals surface area contributed by atoms with Crippen molar-refractivity contribution in [2.45, 2.75) is 26.7 Å². The average molecular weight is 245 g/mol. The molecule has 0 saturated heterocycles. The molecule has 0 aliphatic rings. The van der Waals surface area contributed by atoms with Crippen LogP contribution >= 0.6 is 0 Å². The molecule has 96 valence electrons. The van der Waals surface area contributed by atoms with E-state index in [1.54, 1.807) is 0 Å². The Hall–Kier alpha value is -1.84. The van der Waals surface area contributed by atoms with Crippen LogP contribution in [0.5, 0.6) is 0 Å². The van der Waals surface area contributed by atoms with E-state index in [-0.39, 0.29) is 0 Å². The highest BCUT2D eigenvalue weighted by Crippen LogP contribution is 2.19. The molecule has 4 nitrogen and oxygen atoms in total. The summed E-state index contributed by atoms with van der Waals surface area (Å²) in [7, 11) is 0. The van der Waals surface area contributed by atoms with Gasteiger partial charge in [0.15, 0.2) is 0 Å². The molecule has 2 aromatic rings. The van der Waals surface area contributed by atoms with Gasteiger partial charge in [-0.3, -0.25) is 0 Å². The quantitative estimate of drug-likeness (QED) is 0.845. The van der Waals surface area contributed by atoms with Crippen LogP contribution in [0.3, 0.4) is 0 Å². The van der Waals surface area contributed by atoms with Gasteiger partial charge >= 0.3 is 0 Å². The van der Waals surface area contributed by atoms with E-state index in [2.05, 4.69) is 29.4 Å². The molecule has 0 radical (unpaired) electrons. The number of hydrogen-bond donors (Lipinski definition) is 1. The standard InChI is InChI=1S/C14H19N3O/c1-3-11(4-2)9-15-13-7-5-12(6-8-13)14-17-16-10-18-14/h5-8,10-11,15H,3-4,9H2,1-2H3. The minimum Gasteiger partial charge on any atom is -0.423 e. The summed E-state index contributed by atoms with van der Waals surface area (Å²) in [6.07, 6.45) is 3.77. The van der Waals surface area contributed by atoms with Crippen molar-refractivity contribution in [3.05, 3.63) is 30.7 Å². The van der Waals surface area contributed by atoms with Crippen LogP contribution in [-0.2, 0) is 0 Å². The predicted octanol–water partition coefficient (Wildman–Crippen LogP) is 3.58. The largest absolute Gasteiger partial charge is 0.423 e. The Labute approximate surface area is 107 Å². The Morgan fingerprint density at radius 1 is 1.17 bits per heavy atom. The first kappa shape index (κ1) is 12.6. The van der Waals surface area contributed by atoms with Gasteiger partial charge in [0.25, 0.3) is 0 Å². The van der Waals surface area contributed by atoms with Crippen molar-refractivity contribution < 1.29 is 4.42 Å². The average Bonchev–Trinajstić information content (AvgIpc) is 2.94. The van der Waals surface area contributed by atoms with E-state index < -0.39 is 0 Å². The highest BCUT2D eigenvalue weighted by atomic mass is 16.4. The van der Waals surface area contributed by atoms with Gasteiger partial charge in [-0.05, 0) is 30.2 Å². The van der Waals surface area contributed by atoms with Crippen molar-refractivity contribution in [1.29, 1.82) is 0 Å². The molecule has 18 heavy (non-hydrogen) atoms. The summed E-state index contributed by atoms with van der Waals surface area (Å²) in [5.74, 6) is 1.29. The summed E-state index contributed by atoms with van der Waals surface area (Å²) in [4.78, 5) is 0. The van der Waals surface area contributed by atoms with Gasteiger partial charge in [0, 0.05) is 17.8 Å².